The summed E-state index contributed by atoms with van der Waals surface area (Å²) in [5, 5.41) is 2.95. The Hall–Kier alpha value is -1.88. The summed E-state index contributed by atoms with van der Waals surface area (Å²) in [6, 6.07) is 9.89. The van der Waals surface area contributed by atoms with Crippen molar-refractivity contribution >= 4 is 11.8 Å². The summed E-state index contributed by atoms with van der Waals surface area (Å²) in [5.74, 6) is 0.185. The van der Waals surface area contributed by atoms with Gasteiger partial charge in [-0.3, -0.25) is 14.5 Å². The minimum absolute atomic E-state index is 0.0358. The maximum atomic E-state index is 12.3. The fourth-order valence-electron chi connectivity index (χ4n) is 4.08. The molecule has 0 aromatic heterocycles. The largest absolute Gasteiger partial charge is 0.368 e. The molecule has 5 nitrogen and oxygen atoms in total. The number of amides is 2. The van der Waals surface area contributed by atoms with Crippen molar-refractivity contribution in [2.24, 2.45) is 11.7 Å². The third kappa shape index (κ3) is 3.72. The minimum atomic E-state index is -0.296. The lowest BCUT2D eigenvalue weighted by atomic mass is 9.84. The highest BCUT2D eigenvalue weighted by Gasteiger charge is 2.44. The van der Waals surface area contributed by atoms with Crippen LogP contribution >= 0.6 is 0 Å². The number of nitrogens with one attached hydrogen (secondary N) is 1. The number of nitrogens with two attached hydrogens (primary N) is 1. The van der Waals surface area contributed by atoms with Crippen LogP contribution in [-0.4, -0.2) is 35.3 Å². The second-order valence-electron chi connectivity index (χ2n) is 6.70. The van der Waals surface area contributed by atoms with E-state index in [1.54, 1.807) is 0 Å². The summed E-state index contributed by atoms with van der Waals surface area (Å²) < 4.78 is 0. The molecule has 5 heteroatoms. The Labute approximate surface area is 137 Å². The van der Waals surface area contributed by atoms with E-state index in [0.717, 1.165) is 24.8 Å². The molecule has 0 radical (unpaired) electrons. The molecule has 1 aliphatic heterocycles. The number of benzene rings is 1. The molecular formula is C18H25N3O2. The van der Waals surface area contributed by atoms with E-state index in [2.05, 4.69) is 5.32 Å². The van der Waals surface area contributed by atoms with Gasteiger partial charge in [0.1, 0.15) is 0 Å². The van der Waals surface area contributed by atoms with Crippen molar-refractivity contribution in [1.82, 2.24) is 10.2 Å². The highest BCUT2D eigenvalue weighted by atomic mass is 16.2. The van der Waals surface area contributed by atoms with E-state index < -0.39 is 0 Å². The van der Waals surface area contributed by atoms with E-state index in [0.29, 0.717) is 18.5 Å². The SMILES string of the molecule is NC(=O)C1CC2CCCCC2N1CC(=O)NCc1ccccc1. The second kappa shape index (κ2) is 7.13. The van der Waals surface area contributed by atoms with Gasteiger partial charge in [0.15, 0.2) is 0 Å². The molecule has 1 aliphatic carbocycles. The number of carbonyl (C=O) groups excluding carboxylic acids is 2. The third-order valence-electron chi connectivity index (χ3n) is 5.21. The van der Waals surface area contributed by atoms with Crippen molar-refractivity contribution in [3.63, 3.8) is 0 Å². The molecule has 124 valence electrons. The lowest BCUT2D eigenvalue weighted by molar-refractivity contribution is -0.126. The van der Waals surface area contributed by atoms with Gasteiger partial charge >= 0.3 is 0 Å². The highest BCUT2D eigenvalue weighted by molar-refractivity contribution is 5.83. The molecule has 1 saturated carbocycles. The van der Waals surface area contributed by atoms with E-state index in [9.17, 15) is 9.59 Å². The summed E-state index contributed by atoms with van der Waals surface area (Å²) in [4.78, 5) is 26.1. The standard InChI is InChI=1S/C18H25N3O2/c19-18(23)16-10-14-8-4-5-9-15(14)21(16)12-17(22)20-11-13-6-2-1-3-7-13/h1-3,6-7,14-16H,4-5,8-12H2,(H2,19,23)(H,20,22). The van der Waals surface area contributed by atoms with Crippen LogP contribution < -0.4 is 11.1 Å². The van der Waals surface area contributed by atoms with Gasteiger partial charge in [0, 0.05) is 12.6 Å². The lowest BCUT2D eigenvalue weighted by Gasteiger charge is -2.32. The van der Waals surface area contributed by atoms with Crippen LogP contribution in [0.25, 0.3) is 0 Å². The highest BCUT2D eigenvalue weighted by Crippen LogP contribution is 2.39. The first-order valence-electron chi connectivity index (χ1n) is 8.51. The predicted octanol–water partition coefficient (Wildman–Crippen LogP) is 1.42. The maximum Gasteiger partial charge on any atom is 0.234 e. The fourth-order valence-corrected chi connectivity index (χ4v) is 4.08. The van der Waals surface area contributed by atoms with E-state index in [1.807, 2.05) is 35.2 Å². The number of rotatable bonds is 5. The quantitative estimate of drug-likeness (QED) is 0.863. The van der Waals surface area contributed by atoms with Crippen LogP contribution in [0.15, 0.2) is 30.3 Å². The summed E-state index contributed by atoms with van der Waals surface area (Å²) in [6.07, 6.45) is 5.43. The Morgan fingerprint density at radius 2 is 1.91 bits per heavy atom. The van der Waals surface area contributed by atoms with Gasteiger partial charge in [0.25, 0.3) is 0 Å². The summed E-state index contributed by atoms with van der Waals surface area (Å²) in [7, 11) is 0. The van der Waals surface area contributed by atoms with Crippen LogP contribution in [0, 0.1) is 5.92 Å². The zero-order valence-electron chi connectivity index (χ0n) is 13.4. The first-order valence-corrected chi connectivity index (χ1v) is 8.51. The monoisotopic (exact) mass is 315 g/mol. The Morgan fingerprint density at radius 3 is 2.65 bits per heavy atom. The molecule has 0 bridgehead atoms. The molecule has 3 unspecified atom stereocenters. The van der Waals surface area contributed by atoms with Crippen molar-refractivity contribution in [2.75, 3.05) is 6.54 Å². The van der Waals surface area contributed by atoms with Crippen molar-refractivity contribution in [2.45, 2.75) is 50.7 Å². The normalized spacial score (nSPS) is 27.4. The summed E-state index contributed by atoms with van der Waals surface area (Å²) >= 11 is 0. The molecule has 2 aliphatic rings. The number of hydrogen-bond acceptors (Lipinski definition) is 3. The lowest BCUT2D eigenvalue weighted by Crippen LogP contribution is -2.49. The molecule has 3 rings (SSSR count). The molecule has 1 aromatic carbocycles. The van der Waals surface area contributed by atoms with E-state index in [4.69, 9.17) is 5.73 Å². The number of hydrogen-bond donors (Lipinski definition) is 2. The van der Waals surface area contributed by atoms with Gasteiger partial charge in [-0.05, 0) is 30.7 Å². The van der Waals surface area contributed by atoms with Gasteiger partial charge in [-0.1, -0.05) is 43.2 Å². The van der Waals surface area contributed by atoms with Crippen LogP contribution in [0.4, 0.5) is 0 Å². The molecule has 3 atom stereocenters. The molecule has 23 heavy (non-hydrogen) atoms. The number of likely N-dealkylation sites (tertiary alicyclic amines) is 1. The van der Waals surface area contributed by atoms with Crippen molar-refractivity contribution in [3.05, 3.63) is 35.9 Å². The Balaban J connectivity index is 1.59. The molecule has 1 saturated heterocycles. The summed E-state index contributed by atoms with van der Waals surface area (Å²) in [6.45, 7) is 0.782. The number of primary amides is 1. The van der Waals surface area contributed by atoms with E-state index in [-0.39, 0.29) is 24.4 Å². The van der Waals surface area contributed by atoms with Gasteiger partial charge in [-0.2, -0.15) is 0 Å². The zero-order chi connectivity index (χ0) is 16.2. The molecule has 2 fully saturated rings. The first kappa shape index (κ1) is 16.0. The molecule has 1 heterocycles. The zero-order valence-corrected chi connectivity index (χ0v) is 13.4. The Kier molecular flexibility index (Phi) is 4.96. The molecule has 0 spiro atoms. The Bertz CT molecular complexity index is 561. The van der Waals surface area contributed by atoms with Crippen molar-refractivity contribution < 1.29 is 9.59 Å². The second-order valence-corrected chi connectivity index (χ2v) is 6.70. The van der Waals surface area contributed by atoms with Gasteiger partial charge in [0.05, 0.1) is 12.6 Å². The van der Waals surface area contributed by atoms with Crippen LogP contribution in [-0.2, 0) is 16.1 Å². The van der Waals surface area contributed by atoms with Gasteiger partial charge in [-0.15, -0.1) is 0 Å². The van der Waals surface area contributed by atoms with E-state index >= 15 is 0 Å². The maximum absolute atomic E-state index is 12.3. The van der Waals surface area contributed by atoms with Crippen molar-refractivity contribution in [3.8, 4) is 0 Å². The topological polar surface area (TPSA) is 75.4 Å². The third-order valence-corrected chi connectivity index (χ3v) is 5.21. The van der Waals surface area contributed by atoms with Crippen LogP contribution in [0.5, 0.6) is 0 Å². The summed E-state index contributed by atoms with van der Waals surface area (Å²) in [5.41, 5.74) is 6.64. The van der Waals surface area contributed by atoms with Crippen LogP contribution in [0.2, 0.25) is 0 Å². The smallest absolute Gasteiger partial charge is 0.234 e. The van der Waals surface area contributed by atoms with Crippen LogP contribution in [0.3, 0.4) is 0 Å². The predicted molar refractivity (Wildman–Crippen MR) is 88.3 cm³/mol. The number of nitrogens with zero attached hydrogens (tertiary/aromatic N) is 1. The fraction of sp³-hybridized carbons (Fsp3) is 0.556. The van der Waals surface area contributed by atoms with Gasteiger partial charge in [0.2, 0.25) is 11.8 Å². The number of fused-ring (bicyclic) bond motifs is 1. The molecular weight excluding hydrogens is 290 g/mol. The number of carbonyl (C=O) groups is 2. The average Bonchev–Trinajstić information content (AvgIpc) is 2.93. The first-order chi connectivity index (χ1) is 11.1. The molecule has 2 amide bonds. The van der Waals surface area contributed by atoms with Crippen molar-refractivity contribution in [1.29, 1.82) is 0 Å². The molecule has 1 aromatic rings. The molecule has 3 N–H and O–H groups in total. The van der Waals surface area contributed by atoms with Crippen LogP contribution in [0.1, 0.15) is 37.7 Å². The average molecular weight is 315 g/mol. The van der Waals surface area contributed by atoms with Gasteiger partial charge in [-0.25, -0.2) is 0 Å². The minimum Gasteiger partial charge on any atom is -0.368 e. The Morgan fingerprint density at radius 1 is 1.17 bits per heavy atom. The van der Waals surface area contributed by atoms with E-state index in [1.165, 1.54) is 12.8 Å². The van der Waals surface area contributed by atoms with Gasteiger partial charge < -0.3 is 11.1 Å².